The van der Waals surface area contributed by atoms with Gasteiger partial charge in [-0.15, -0.1) is 11.3 Å². The average molecular weight is 406 g/mol. The molecule has 1 aromatic carbocycles. The van der Waals surface area contributed by atoms with Crippen LogP contribution >= 0.6 is 11.3 Å². The van der Waals surface area contributed by atoms with Gasteiger partial charge in [-0.1, -0.05) is 30.3 Å². The number of rotatable bonds is 6. The molecule has 1 aliphatic rings. The van der Waals surface area contributed by atoms with Crippen LogP contribution in [0.4, 0.5) is 0 Å². The van der Waals surface area contributed by atoms with Crippen LogP contribution in [0.3, 0.4) is 0 Å². The zero-order valence-corrected chi connectivity index (χ0v) is 16.3. The van der Waals surface area contributed by atoms with Gasteiger partial charge in [0.25, 0.3) is 5.91 Å². The molecule has 0 fully saturated rings. The number of nitrogens with zero attached hydrogens (tertiary/aromatic N) is 4. The van der Waals surface area contributed by atoms with Gasteiger partial charge in [0.2, 0.25) is 0 Å². The normalized spacial score (nSPS) is 13.2. The summed E-state index contributed by atoms with van der Waals surface area (Å²) < 4.78 is 5.13. The molecule has 29 heavy (non-hydrogen) atoms. The molecular formula is C21H18N4O3S. The summed E-state index contributed by atoms with van der Waals surface area (Å²) in [4.78, 5) is 32.9. The Kier molecular flexibility index (Phi) is 5.71. The van der Waals surface area contributed by atoms with Gasteiger partial charge >= 0.3 is 5.97 Å². The minimum Gasteiger partial charge on any atom is -0.455 e. The van der Waals surface area contributed by atoms with Gasteiger partial charge in [0.1, 0.15) is 5.01 Å². The van der Waals surface area contributed by atoms with Crippen molar-refractivity contribution in [2.45, 2.75) is 12.8 Å². The van der Waals surface area contributed by atoms with Gasteiger partial charge in [0, 0.05) is 29.8 Å². The van der Waals surface area contributed by atoms with E-state index >= 15 is 0 Å². The van der Waals surface area contributed by atoms with E-state index in [1.807, 2.05) is 47.8 Å². The molecule has 1 aliphatic heterocycles. The molecule has 7 nitrogen and oxygen atoms in total. The maximum absolute atomic E-state index is 12.3. The Balaban J connectivity index is 1.28. The van der Waals surface area contributed by atoms with Gasteiger partial charge in [0.05, 0.1) is 24.4 Å². The number of ether oxygens (including phenoxy) is 1. The van der Waals surface area contributed by atoms with E-state index < -0.39 is 5.97 Å². The summed E-state index contributed by atoms with van der Waals surface area (Å²) in [5, 5.41) is 8.31. The zero-order valence-electron chi connectivity index (χ0n) is 15.5. The summed E-state index contributed by atoms with van der Waals surface area (Å²) in [6.45, 7) is 0.158. The second-order valence-electron chi connectivity index (χ2n) is 6.40. The fourth-order valence-corrected chi connectivity index (χ4v) is 3.71. The Bertz CT molecular complexity index is 1030. The monoisotopic (exact) mass is 406 g/mol. The van der Waals surface area contributed by atoms with Crippen molar-refractivity contribution in [3.05, 3.63) is 71.5 Å². The number of amides is 1. The molecular weight excluding hydrogens is 388 g/mol. The minimum absolute atomic E-state index is 0.0164. The first-order chi connectivity index (χ1) is 14.2. The SMILES string of the molecule is O=C(Cc1csc(-c2cccnc2)n1)OCC(=O)N1CCC(c2ccccc2)=N1. The van der Waals surface area contributed by atoms with Crippen LogP contribution in [0.25, 0.3) is 10.6 Å². The largest absolute Gasteiger partial charge is 0.455 e. The second kappa shape index (κ2) is 8.74. The quantitative estimate of drug-likeness (QED) is 0.588. The number of thiazole rings is 1. The topological polar surface area (TPSA) is 84.8 Å². The lowest BCUT2D eigenvalue weighted by Gasteiger charge is -2.11. The molecule has 8 heteroatoms. The Labute approximate surface area is 171 Å². The van der Waals surface area contributed by atoms with Crippen LogP contribution in [0.1, 0.15) is 17.7 Å². The zero-order chi connectivity index (χ0) is 20.1. The number of hydrazone groups is 1. The molecule has 0 saturated heterocycles. The molecule has 3 heterocycles. The van der Waals surface area contributed by atoms with Crippen LogP contribution in [0.15, 0.2) is 65.3 Å². The number of carbonyl (C=O) groups is 2. The number of hydrogen-bond donors (Lipinski definition) is 0. The Morgan fingerprint density at radius 3 is 2.72 bits per heavy atom. The van der Waals surface area contributed by atoms with E-state index in [0.29, 0.717) is 18.7 Å². The number of esters is 1. The summed E-state index contributed by atoms with van der Waals surface area (Å²) in [6, 6.07) is 13.5. The van der Waals surface area contributed by atoms with Gasteiger partial charge in [-0.2, -0.15) is 5.10 Å². The standard InChI is InChI=1S/C21H18N4O3S/c26-19(25-10-8-18(24-25)15-5-2-1-3-6-15)13-28-20(27)11-17-14-29-21(23-17)16-7-4-9-22-12-16/h1-7,9,12,14H,8,10-11,13H2. The summed E-state index contributed by atoms with van der Waals surface area (Å²) in [6.07, 6.45) is 4.11. The van der Waals surface area contributed by atoms with Crippen LogP contribution in [0.5, 0.6) is 0 Å². The number of aromatic nitrogens is 2. The number of carbonyl (C=O) groups excluding carboxylic acids is 2. The van der Waals surface area contributed by atoms with Crippen molar-refractivity contribution >= 4 is 28.9 Å². The molecule has 3 aromatic rings. The Hall–Kier alpha value is -3.39. The third-order valence-electron chi connectivity index (χ3n) is 4.34. The first-order valence-corrected chi connectivity index (χ1v) is 10.0. The summed E-state index contributed by atoms with van der Waals surface area (Å²) in [5.41, 5.74) is 3.36. The Morgan fingerprint density at radius 2 is 1.93 bits per heavy atom. The van der Waals surface area contributed by atoms with Crippen molar-refractivity contribution < 1.29 is 14.3 Å². The lowest BCUT2D eigenvalue weighted by Crippen LogP contribution is -2.29. The number of pyridine rings is 1. The number of benzene rings is 1. The molecule has 0 atom stereocenters. The third kappa shape index (κ3) is 4.72. The van der Waals surface area contributed by atoms with Crippen LogP contribution < -0.4 is 0 Å². The van der Waals surface area contributed by atoms with Crippen molar-refractivity contribution in [2.75, 3.05) is 13.2 Å². The highest BCUT2D eigenvalue weighted by Gasteiger charge is 2.22. The highest BCUT2D eigenvalue weighted by molar-refractivity contribution is 7.13. The predicted molar refractivity (Wildman–Crippen MR) is 109 cm³/mol. The highest BCUT2D eigenvalue weighted by Crippen LogP contribution is 2.23. The van der Waals surface area contributed by atoms with Crippen molar-refractivity contribution in [1.82, 2.24) is 15.0 Å². The van der Waals surface area contributed by atoms with Gasteiger partial charge in [-0.25, -0.2) is 9.99 Å². The molecule has 0 spiro atoms. The van der Waals surface area contributed by atoms with Gasteiger partial charge in [0.15, 0.2) is 6.61 Å². The van der Waals surface area contributed by atoms with E-state index in [-0.39, 0.29) is 18.9 Å². The highest BCUT2D eigenvalue weighted by atomic mass is 32.1. The van der Waals surface area contributed by atoms with Crippen molar-refractivity contribution in [2.24, 2.45) is 5.10 Å². The molecule has 0 N–H and O–H groups in total. The lowest BCUT2D eigenvalue weighted by molar-refractivity contribution is -0.151. The van der Waals surface area contributed by atoms with Crippen molar-refractivity contribution in [3.63, 3.8) is 0 Å². The van der Waals surface area contributed by atoms with E-state index in [9.17, 15) is 9.59 Å². The minimum atomic E-state index is -0.493. The first kappa shape index (κ1) is 18.9. The molecule has 4 rings (SSSR count). The molecule has 2 aromatic heterocycles. The van der Waals surface area contributed by atoms with Gasteiger partial charge in [-0.05, 0) is 17.7 Å². The second-order valence-corrected chi connectivity index (χ2v) is 7.26. The van der Waals surface area contributed by atoms with E-state index in [1.54, 1.807) is 12.4 Å². The fourth-order valence-electron chi connectivity index (χ4n) is 2.90. The first-order valence-electron chi connectivity index (χ1n) is 9.13. The van der Waals surface area contributed by atoms with E-state index in [1.165, 1.54) is 16.3 Å². The molecule has 0 radical (unpaired) electrons. The summed E-state index contributed by atoms with van der Waals surface area (Å²) in [7, 11) is 0. The number of hydrogen-bond acceptors (Lipinski definition) is 7. The van der Waals surface area contributed by atoms with Crippen molar-refractivity contribution in [1.29, 1.82) is 0 Å². The van der Waals surface area contributed by atoms with E-state index in [2.05, 4.69) is 15.1 Å². The molecule has 0 unspecified atom stereocenters. The van der Waals surface area contributed by atoms with Crippen LogP contribution in [0.2, 0.25) is 0 Å². The fraction of sp³-hybridized carbons (Fsp3) is 0.190. The molecule has 0 saturated carbocycles. The lowest BCUT2D eigenvalue weighted by atomic mass is 10.1. The molecule has 0 bridgehead atoms. The smallest absolute Gasteiger partial charge is 0.312 e. The summed E-state index contributed by atoms with van der Waals surface area (Å²) >= 11 is 1.44. The maximum Gasteiger partial charge on any atom is 0.312 e. The van der Waals surface area contributed by atoms with Crippen LogP contribution in [-0.2, 0) is 20.7 Å². The Morgan fingerprint density at radius 1 is 1.10 bits per heavy atom. The van der Waals surface area contributed by atoms with E-state index in [0.717, 1.165) is 21.8 Å². The third-order valence-corrected chi connectivity index (χ3v) is 5.28. The van der Waals surface area contributed by atoms with Gasteiger partial charge in [-0.3, -0.25) is 14.6 Å². The average Bonchev–Trinajstić information content (AvgIpc) is 3.43. The predicted octanol–water partition coefficient (Wildman–Crippen LogP) is 2.93. The van der Waals surface area contributed by atoms with Gasteiger partial charge < -0.3 is 4.74 Å². The van der Waals surface area contributed by atoms with Crippen LogP contribution in [0, 0.1) is 0 Å². The van der Waals surface area contributed by atoms with E-state index in [4.69, 9.17) is 4.74 Å². The van der Waals surface area contributed by atoms with Crippen LogP contribution in [-0.4, -0.2) is 45.7 Å². The molecule has 0 aliphatic carbocycles. The summed E-state index contributed by atoms with van der Waals surface area (Å²) in [5.74, 6) is -0.827. The maximum atomic E-state index is 12.3. The molecule has 146 valence electrons. The molecule has 1 amide bonds. The van der Waals surface area contributed by atoms with Crippen molar-refractivity contribution in [3.8, 4) is 10.6 Å².